The summed E-state index contributed by atoms with van der Waals surface area (Å²) >= 11 is 0. The maximum atomic E-state index is 13.8. The first-order valence-corrected chi connectivity index (χ1v) is 13.6. The maximum Gasteiger partial charge on any atom is 0.243 e. The van der Waals surface area contributed by atoms with Gasteiger partial charge in [0.1, 0.15) is 6.04 Å². The van der Waals surface area contributed by atoms with Crippen molar-refractivity contribution in [2.24, 2.45) is 11.8 Å². The second kappa shape index (κ2) is 12.7. The quantitative estimate of drug-likeness (QED) is 0.364. The van der Waals surface area contributed by atoms with Gasteiger partial charge in [-0.15, -0.1) is 0 Å². The predicted molar refractivity (Wildman–Crippen MR) is 146 cm³/mol. The standard InChI is InChI=1S/C31H37N3O4/c1-3-22(2)32-29(36)27(20-23-12-6-4-7-13-23)34(21-24-14-8-5-9-15-24)28(35)18-19-33-30(37)25-16-10-11-17-26(25)31(33)38/h4-15,22,25-27H,3,16-21H2,1-2H3,(H,32,36)/t22?,25-,26+,27?. The third-order valence-corrected chi connectivity index (χ3v) is 7.62. The van der Waals surface area contributed by atoms with Gasteiger partial charge in [-0.25, -0.2) is 0 Å². The highest BCUT2D eigenvalue weighted by Crippen LogP contribution is 2.35. The summed E-state index contributed by atoms with van der Waals surface area (Å²) in [5, 5.41) is 3.06. The molecule has 4 atom stereocenters. The number of imide groups is 1. The normalized spacial score (nSPS) is 20.1. The minimum absolute atomic E-state index is 0.0276. The fraction of sp³-hybridized carbons (Fsp3) is 0.419. The Morgan fingerprint density at radius 3 is 2.03 bits per heavy atom. The first-order valence-electron chi connectivity index (χ1n) is 13.6. The van der Waals surface area contributed by atoms with E-state index in [1.165, 1.54) is 4.90 Å². The van der Waals surface area contributed by atoms with Gasteiger partial charge in [-0.05, 0) is 37.3 Å². The van der Waals surface area contributed by atoms with E-state index in [4.69, 9.17) is 0 Å². The second-order valence-electron chi connectivity index (χ2n) is 10.3. The number of nitrogens with one attached hydrogen (secondary N) is 1. The van der Waals surface area contributed by atoms with Gasteiger partial charge in [-0.2, -0.15) is 0 Å². The average molecular weight is 516 g/mol. The Balaban J connectivity index is 1.57. The van der Waals surface area contributed by atoms with Gasteiger partial charge in [0.2, 0.25) is 23.6 Å². The smallest absolute Gasteiger partial charge is 0.243 e. The molecule has 2 aromatic rings. The molecule has 0 radical (unpaired) electrons. The van der Waals surface area contributed by atoms with Gasteiger partial charge < -0.3 is 10.2 Å². The first-order chi connectivity index (χ1) is 18.4. The number of allylic oxidation sites excluding steroid dienone is 2. The monoisotopic (exact) mass is 515 g/mol. The zero-order valence-corrected chi connectivity index (χ0v) is 22.2. The molecule has 4 amide bonds. The van der Waals surface area contributed by atoms with Gasteiger partial charge in [-0.3, -0.25) is 24.1 Å². The number of fused-ring (bicyclic) bond motifs is 1. The molecule has 2 aromatic carbocycles. The van der Waals surface area contributed by atoms with Crippen molar-refractivity contribution in [2.75, 3.05) is 6.54 Å². The molecular weight excluding hydrogens is 478 g/mol. The Labute approximate surface area is 224 Å². The van der Waals surface area contributed by atoms with Crippen LogP contribution in [0.4, 0.5) is 0 Å². The van der Waals surface area contributed by atoms with Gasteiger partial charge in [0.15, 0.2) is 0 Å². The molecule has 0 bridgehead atoms. The Morgan fingerprint density at radius 1 is 0.921 bits per heavy atom. The van der Waals surface area contributed by atoms with E-state index in [9.17, 15) is 19.2 Å². The fourth-order valence-corrected chi connectivity index (χ4v) is 5.22. The topological polar surface area (TPSA) is 86.8 Å². The third-order valence-electron chi connectivity index (χ3n) is 7.62. The summed E-state index contributed by atoms with van der Waals surface area (Å²) in [7, 11) is 0. The van der Waals surface area contributed by atoms with Crippen molar-refractivity contribution in [3.63, 3.8) is 0 Å². The van der Waals surface area contributed by atoms with Gasteiger partial charge in [0, 0.05) is 32.0 Å². The van der Waals surface area contributed by atoms with E-state index < -0.39 is 6.04 Å². The number of hydrogen-bond donors (Lipinski definition) is 1. The molecule has 4 rings (SSSR count). The van der Waals surface area contributed by atoms with E-state index in [1.807, 2.05) is 86.7 Å². The molecule has 1 N–H and O–H groups in total. The van der Waals surface area contributed by atoms with Crippen molar-refractivity contribution in [3.05, 3.63) is 83.9 Å². The summed E-state index contributed by atoms with van der Waals surface area (Å²) in [5.74, 6) is -1.50. The van der Waals surface area contributed by atoms with E-state index in [-0.39, 0.29) is 61.0 Å². The molecule has 1 aliphatic carbocycles. The number of hydrogen-bond acceptors (Lipinski definition) is 4. The third kappa shape index (κ3) is 6.39. The zero-order valence-electron chi connectivity index (χ0n) is 22.2. The average Bonchev–Trinajstić information content (AvgIpc) is 3.19. The highest BCUT2D eigenvalue weighted by molar-refractivity contribution is 6.05. The number of likely N-dealkylation sites (tertiary alicyclic amines) is 1. The van der Waals surface area contributed by atoms with Gasteiger partial charge in [0.05, 0.1) is 11.8 Å². The summed E-state index contributed by atoms with van der Waals surface area (Å²) in [6.45, 7) is 4.23. The molecule has 1 saturated heterocycles. The van der Waals surface area contributed by atoms with Crippen LogP contribution in [0, 0.1) is 11.8 Å². The molecule has 2 aliphatic rings. The molecule has 7 heteroatoms. The Bertz CT molecular complexity index is 1140. The van der Waals surface area contributed by atoms with Crippen LogP contribution in [0.1, 0.15) is 50.7 Å². The summed E-state index contributed by atoms with van der Waals surface area (Å²) in [4.78, 5) is 56.1. The van der Waals surface area contributed by atoms with Crippen LogP contribution < -0.4 is 5.32 Å². The second-order valence-corrected chi connectivity index (χ2v) is 10.3. The molecule has 2 unspecified atom stereocenters. The minimum Gasteiger partial charge on any atom is -0.352 e. The number of amides is 4. The highest BCUT2D eigenvalue weighted by Gasteiger charge is 2.47. The summed E-state index contributed by atoms with van der Waals surface area (Å²) in [6.07, 6.45) is 6.13. The fourth-order valence-electron chi connectivity index (χ4n) is 5.22. The van der Waals surface area contributed by atoms with E-state index in [1.54, 1.807) is 4.90 Å². The molecule has 0 aromatic heterocycles. The first kappa shape index (κ1) is 27.3. The molecule has 1 heterocycles. The number of carbonyl (C=O) groups excluding carboxylic acids is 4. The molecule has 38 heavy (non-hydrogen) atoms. The summed E-state index contributed by atoms with van der Waals surface area (Å²) in [6, 6.07) is 18.5. The van der Waals surface area contributed by atoms with Gasteiger partial charge in [0.25, 0.3) is 0 Å². The summed E-state index contributed by atoms with van der Waals surface area (Å²) in [5.41, 5.74) is 1.85. The number of benzene rings is 2. The number of rotatable bonds is 11. The maximum absolute atomic E-state index is 13.8. The Morgan fingerprint density at radius 2 is 1.47 bits per heavy atom. The Hall–Kier alpha value is -3.74. The van der Waals surface area contributed by atoms with E-state index in [0.717, 1.165) is 17.5 Å². The van der Waals surface area contributed by atoms with Crippen molar-refractivity contribution in [1.82, 2.24) is 15.1 Å². The molecular formula is C31H37N3O4. The summed E-state index contributed by atoms with van der Waals surface area (Å²) < 4.78 is 0. The molecule has 200 valence electrons. The molecule has 0 spiro atoms. The van der Waals surface area contributed by atoms with Crippen LogP contribution in [-0.4, -0.2) is 52.1 Å². The van der Waals surface area contributed by atoms with Gasteiger partial charge in [-0.1, -0.05) is 79.7 Å². The lowest BCUT2D eigenvalue weighted by atomic mass is 9.85. The van der Waals surface area contributed by atoms with Crippen LogP contribution in [-0.2, 0) is 32.1 Å². The molecule has 1 fully saturated rings. The van der Waals surface area contributed by atoms with Crippen molar-refractivity contribution in [2.45, 2.75) is 64.6 Å². The van der Waals surface area contributed by atoms with Crippen molar-refractivity contribution < 1.29 is 19.2 Å². The van der Waals surface area contributed by atoms with E-state index >= 15 is 0 Å². The highest BCUT2D eigenvalue weighted by atomic mass is 16.2. The molecule has 7 nitrogen and oxygen atoms in total. The van der Waals surface area contributed by atoms with Crippen LogP contribution in [0.15, 0.2) is 72.8 Å². The lowest BCUT2D eigenvalue weighted by Crippen LogP contribution is -2.52. The van der Waals surface area contributed by atoms with Crippen LogP contribution in [0.3, 0.4) is 0 Å². The number of nitrogens with zero attached hydrogens (tertiary/aromatic N) is 2. The molecule has 1 aliphatic heterocycles. The van der Waals surface area contributed by atoms with Crippen LogP contribution in [0.25, 0.3) is 0 Å². The largest absolute Gasteiger partial charge is 0.352 e. The van der Waals surface area contributed by atoms with E-state index in [2.05, 4.69) is 5.32 Å². The van der Waals surface area contributed by atoms with E-state index in [0.29, 0.717) is 19.3 Å². The minimum atomic E-state index is -0.740. The lowest BCUT2D eigenvalue weighted by Gasteiger charge is -2.32. The van der Waals surface area contributed by atoms with Crippen LogP contribution in [0.5, 0.6) is 0 Å². The van der Waals surface area contributed by atoms with Crippen molar-refractivity contribution in [1.29, 1.82) is 0 Å². The van der Waals surface area contributed by atoms with Crippen LogP contribution >= 0.6 is 0 Å². The van der Waals surface area contributed by atoms with Gasteiger partial charge >= 0.3 is 0 Å². The number of carbonyl (C=O) groups is 4. The van der Waals surface area contributed by atoms with Crippen molar-refractivity contribution >= 4 is 23.6 Å². The SMILES string of the molecule is CCC(C)NC(=O)C(Cc1ccccc1)N(Cc1ccccc1)C(=O)CCN1C(=O)[C@H]2CC=CC[C@H]2C1=O. The predicted octanol–water partition coefficient (Wildman–Crippen LogP) is 3.88. The molecule has 0 saturated carbocycles. The lowest BCUT2D eigenvalue weighted by molar-refractivity contribution is -0.144. The van der Waals surface area contributed by atoms with Crippen molar-refractivity contribution in [3.8, 4) is 0 Å². The van der Waals surface area contributed by atoms with Crippen LogP contribution in [0.2, 0.25) is 0 Å². The zero-order chi connectivity index (χ0) is 27.1. The Kier molecular flexibility index (Phi) is 9.10.